The molecule has 26 heavy (non-hydrogen) atoms. The second kappa shape index (κ2) is 6.74. The Morgan fingerprint density at radius 3 is 3.04 bits per heavy atom. The monoisotopic (exact) mass is 368 g/mol. The zero-order chi connectivity index (χ0) is 17.5. The highest BCUT2D eigenvalue weighted by Crippen LogP contribution is 2.47. The molecule has 0 aromatic carbocycles. The third kappa shape index (κ3) is 2.85. The van der Waals surface area contributed by atoms with Gasteiger partial charge in [0.15, 0.2) is 5.17 Å². The van der Waals surface area contributed by atoms with E-state index >= 15 is 0 Å². The van der Waals surface area contributed by atoms with Crippen molar-refractivity contribution in [2.24, 2.45) is 4.99 Å². The number of pyridine rings is 1. The van der Waals surface area contributed by atoms with Crippen LogP contribution in [0.2, 0.25) is 0 Å². The average molecular weight is 369 g/mol. The molecular formula is C20H24N4OS. The molecule has 0 bridgehead atoms. The Hall–Kier alpha value is -1.79. The number of aromatic nitrogens is 2. The van der Waals surface area contributed by atoms with E-state index in [-0.39, 0.29) is 12.1 Å². The van der Waals surface area contributed by atoms with Crippen molar-refractivity contribution in [1.82, 2.24) is 14.5 Å². The number of rotatable bonds is 4. The van der Waals surface area contributed by atoms with Crippen molar-refractivity contribution in [2.45, 2.75) is 49.7 Å². The topological polar surface area (TPSA) is 42.7 Å². The molecule has 0 unspecified atom stereocenters. The fourth-order valence-electron chi connectivity index (χ4n) is 4.31. The van der Waals surface area contributed by atoms with Crippen molar-refractivity contribution < 1.29 is 4.74 Å². The molecule has 136 valence electrons. The summed E-state index contributed by atoms with van der Waals surface area (Å²) in [5.74, 6) is 0. The lowest BCUT2D eigenvalue weighted by atomic mass is 10.0. The van der Waals surface area contributed by atoms with Crippen molar-refractivity contribution in [3.63, 3.8) is 0 Å². The van der Waals surface area contributed by atoms with E-state index in [1.54, 1.807) is 0 Å². The number of thioether (sulfide) groups is 1. The molecule has 5 rings (SSSR count). The van der Waals surface area contributed by atoms with Gasteiger partial charge in [0.05, 0.1) is 17.8 Å². The van der Waals surface area contributed by atoms with E-state index in [9.17, 15) is 0 Å². The lowest BCUT2D eigenvalue weighted by Crippen LogP contribution is -2.31. The highest BCUT2D eigenvalue weighted by Gasteiger charge is 2.44. The van der Waals surface area contributed by atoms with E-state index in [1.165, 1.54) is 17.3 Å². The molecular weight excluding hydrogens is 344 g/mol. The number of amidine groups is 1. The van der Waals surface area contributed by atoms with E-state index in [2.05, 4.69) is 51.8 Å². The van der Waals surface area contributed by atoms with Crippen LogP contribution in [0.25, 0.3) is 0 Å². The Morgan fingerprint density at radius 1 is 1.27 bits per heavy atom. The lowest BCUT2D eigenvalue weighted by molar-refractivity contribution is 0.0953. The number of nitrogens with zero attached hydrogens (tertiary/aromatic N) is 4. The van der Waals surface area contributed by atoms with Gasteiger partial charge in [-0.25, -0.2) is 0 Å². The first kappa shape index (κ1) is 16.4. The van der Waals surface area contributed by atoms with Crippen molar-refractivity contribution in [2.75, 3.05) is 13.2 Å². The summed E-state index contributed by atoms with van der Waals surface area (Å²) >= 11 is 1.89. The van der Waals surface area contributed by atoms with Crippen LogP contribution in [0.5, 0.6) is 0 Å². The van der Waals surface area contributed by atoms with Gasteiger partial charge in [0.2, 0.25) is 0 Å². The molecule has 0 saturated carbocycles. The number of fused-ring (bicyclic) bond motifs is 1. The Balaban J connectivity index is 1.50. The summed E-state index contributed by atoms with van der Waals surface area (Å²) in [7, 11) is 0. The zero-order valence-corrected chi connectivity index (χ0v) is 15.8. The van der Waals surface area contributed by atoms with E-state index < -0.39 is 0 Å². The molecule has 5 heterocycles. The van der Waals surface area contributed by atoms with Gasteiger partial charge in [-0.15, -0.1) is 0 Å². The van der Waals surface area contributed by atoms with Gasteiger partial charge in [-0.05, 0) is 37.1 Å². The summed E-state index contributed by atoms with van der Waals surface area (Å²) in [5.41, 5.74) is 2.38. The van der Waals surface area contributed by atoms with Crippen molar-refractivity contribution >= 4 is 16.9 Å². The predicted molar refractivity (Wildman–Crippen MR) is 104 cm³/mol. The van der Waals surface area contributed by atoms with Gasteiger partial charge in [0, 0.05) is 43.0 Å². The van der Waals surface area contributed by atoms with E-state index in [1.807, 2.05) is 24.0 Å². The maximum atomic E-state index is 5.88. The Kier molecular flexibility index (Phi) is 4.25. The first-order chi connectivity index (χ1) is 12.8. The number of aliphatic imine (C=N–C) groups is 1. The largest absolute Gasteiger partial charge is 0.376 e. The van der Waals surface area contributed by atoms with Crippen LogP contribution in [0.3, 0.4) is 0 Å². The fourth-order valence-corrected chi connectivity index (χ4v) is 5.40. The molecule has 5 nitrogen and oxygen atoms in total. The van der Waals surface area contributed by atoms with Crippen LogP contribution >= 0.6 is 11.8 Å². The summed E-state index contributed by atoms with van der Waals surface area (Å²) in [6.45, 7) is 5.15. The molecule has 3 aliphatic heterocycles. The van der Waals surface area contributed by atoms with E-state index in [0.29, 0.717) is 11.4 Å². The molecule has 2 aromatic rings. The van der Waals surface area contributed by atoms with E-state index in [4.69, 9.17) is 9.73 Å². The first-order valence-corrected chi connectivity index (χ1v) is 10.4. The molecule has 3 aliphatic rings. The second-order valence-corrected chi connectivity index (χ2v) is 8.76. The molecule has 2 saturated heterocycles. The van der Waals surface area contributed by atoms with Gasteiger partial charge in [-0.3, -0.25) is 9.98 Å². The Labute approximate surface area is 158 Å². The minimum atomic E-state index is 0.0596. The summed E-state index contributed by atoms with van der Waals surface area (Å²) in [5, 5.41) is 1.76. The molecule has 0 aliphatic carbocycles. The molecule has 2 fully saturated rings. The first-order valence-electron chi connectivity index (χ1n) is 9.48. The fraction of sp³-hybridized carbons (Fsp3) is 0.500. The molecule has 0 radical (unpaired) electrons. The van der Waals surface area contributed by atoms with Crippen molar-refractivity contribution in [1.29, 1.82) is 0 Å². The summed E-state index contributed by atoms with van der Waals surface area (Å²) < 4.78 is 8.26. The zero-order valence-electron chi connectivity index (χ0n) is 15.0. The maximum absolute atomic E-state index is 5.88. The molecule has 6 heteroatoms. The maximum Gasteiger partial charge on any atom is 0.160 e. The molecule has 2 aromatic heterocycles. The van der Waals surface area contributed by atoms with E-state index in [0.717, 1.165) is 31.8 Å². The van der Waals surface area contributed by atoms with Crippen LogP contribution in [0.4, 0.5) is 0 Å². The SMILES string of the molecule is C[C@H]1CN2C(=N[C@@H](c3ccccn3)[C@@H]2c2cccn2C[C@@H]2CCCO2)S1. The summed E-state index contributed by atoms with van der Waals surface area (Å²) in [6, 6.07) is 10.8. The summed E-state index contributed by atoms with van der Waals surface area (Å²) in [6.07, 6.45) is 6.73. The minimum absolute atomic E-state index is 0.0596. The lowest BCUT2D eigenvalue weighted by Gasteiger charge is -2.28. The Bertz CT molecular complexity index is 799. The number of ether oxygens (including phenoxy) is 1. The van der Waals surface area contributed by atoms with Crippen LogP contribution in [0.15, 0.2) is 47.7 Å². The number of hydrogen-bond acceptors (Lipinski definition) is 5. The second-order valence-electron chi connectivity index (χ2n) is 7.36. The van der Waals surface area contributed by atoms with Gasteiger partial charge in [-0.2, -0.15) is 0 Å². The average Bonchev–Trinajstić information content (AvgIpc) is 3.41. The van der Waals surface area contributed by atoms with Crippen LogP contribution in [-0.4, -0.2) is 44.1 Å². The molecule has 0 N–H and O–H groups in total. The summed E-state index contributed by atoms with van der Waals surface area (Å²) in [4.78, 5) is 12.2. The predicted octanol–water partition coefficient (Wildman–Crippen LogP) is 3.65. The van der Waals surface area contributed by atoms with Gasteiger partial charge in [-0.1, -0.05) is 24.8 Å². The number of hydrogen-bond donors (Lipinski definition) is 0. The quantitative estimate of drug-likeness (QED) is 0.826. The Morgan fingerprint density at radius 2 is 2.23 bits per heavy atom. The van der Waals surface area contributed by atoms with Gasteiger partial charge < -0.3 is 14.2 Å². The minimum Gasteiger partial charge on any atom is -0.376 e. The standard InChI is InChI=1S/C20H24N4OS/c1-14-12-24-19(17-8-4-10-23(17)13-15-6-5-11-25-15)18(22-20(24)26-14)16-7-2-3-9-21-16/h2-4,7-10,14-15,18-19H,5-6,11-13H2,1H3/t14-,15-,18-,19-/m0/s1. The highest BCUT2D eigenvalue weighted by molar-refractivity contribution is 8.14. The van der Waals surface area contributed by atoms with Crippen LogP contribution in [0.1, 0.15) is 43.2 Å². The molecule has 0 amide bonds. The third-order valence-corrected chi connectivity index (χ3v) is 6.58. The van der Waals surface area contributed by atoms with Gasteiger partial charge in [0.1, 0.15) is 6.04 Å². The van der Waals surface area contributed by atoms with Crippen molar-refractivity contribution in [3.8, 4) is 0 Å². The van der Waals surface area contributed by atoms with Crippen molar-refractivity contribution in [3.05, 3.63) is 54.1 Å². The molecule has 0 spiro atoms. The van der Waals surface area contributed by atoms with Crippen LogP contribution < -0.4 is 0 Å². The molecule has 4 atom stereocenters. The van der Waals surface area contributed by atoms with Crippen LogP contribution in [0, 0.1) is 0 Å². The van der Waals surface area contributed by atoms with Gasteiger partial charge >= 0.3 is 0 Å². The van der Waals surface area contributed by atoms with Crippen LogP contribution in [-0.2, 0) is 11.3 Å². The van der Waals surface area contributed by atoms with Gasteiger partial charge in [0.25, 0.3) is 0 Å². The normalized spacial score (nSPS) is 30.7. The third-order valence-electron chi connectivity index (χ3n) is 5.47. The highest BCUT2D eigenvalue weighted by atomic mass is 32.2. The smallest absolute Gasteiger partial charge is 0.160 e.